The maximum atomic E-state index is 12.5. The molecule has 4 heteroatoms. The highest BCUT2D eigenvalue weighted by atomic mass is 32.2. The summed E-state index contributed by atoms with van der Waals surface area (Å²) in [5.41, 5.74) is 9.01. The predicted molar refractivity (Wildman–Crippen MR) is 87.0 cm³/mol. The molecule has 2 aromatic carbocycles. The molecule has 0 unspecified atom stereocenters. The van der Waals surface area contributed by atoms with Crippen molar-refractivity contribution in [3.05, 3.63) is 59.2 Å². The summed E-state index contributed by atoms with van der Waals surface area (Å²) >= 11 is 0. The lowest BCUT2D eigenvalue weighted by Crippen LogP contribution is -2.09. The van der Waals surface area contributed by atoms with Crippen molar-refractivity contribution < 1.29 is 8.42 Å². The Labute approximate surface area is 126 Å². The van der Waals surface area contributed by atoms with Crippen molar-refractivity contribution in [2.75, 3.05) is 5.73 Å². The molecule has 0 aliphatic carbocycles. The van der Waals surface area contributed by atoms with Crippen LogP contribution in [0.25, 0.3) is 0 Å². The van der Waals surface area contributed by atoms with Crippen molar-refractivity contribution in [3.8, 4) is 0 Å². The lowest BCUT2D eigenvalue weighted by atomic mass is 10.0. The molecule has 0 spiro atoms. The first kappa shape index (κ1) is 15.6. The van der Waals surface area contributed by atoms with Gasteiger partial charge < -0.3 is 5.73 Å². The van der Waals surface area contributed by atoms with Gasteiger partial charge in [-0.25, -0.2) is 8.42 Å². The fourth-order valence-electron chi connectivity index (χ4n) is 2.22. The number of hydrogen-bond donors (Lipinski definition) is 1. The number of nitrogen functional groups attached to an aromatic ring is 1. The second-order valence-corrected chi connectivity index (χ2v) is 7.60. The van der Waals surface area contributed by atoms with Gasteiger partial charge in [-0.2, -0.15) is 0 Å². The van der Waals surface area contributed by atoms with Gasteiger partial charge >= 0.3 is 0 Å². The Hall–Kier alpha value is -1.81. The molecule has 0 aromatic heterocycles. The van der Waals surface area contributed by atoms with Crippen LogP contribution in [0.3, 0.4) is 0 Å². The molecule has 112 valence electrons. The maximum absolute atomic E-state index is 12.5. The first-order valence-corrected chi connectivity index (χ1v) is 8.63. The molecule has 0 bridgehead atoms. The zero-order valence-electron chi connectivity index (χ0n) is 12.6. The van der Waals surface area contributed by atoms with Crippen LogP contribution in [0.15, 0.2) is 47.4 Å². The number of para-hydroxylation sites is 1. The van der Waals surface area contributed by atoms with Crippen LogP contribution in [0.1, 0.15) is 36.5 Å². The maximum Gasteiger partial charge on any atom is 0.184 e. The number of aryl methyl sites for hydroxylation is 1. The Kier molecular flexibility index (Phi) is 4.37. The SMILES string of the molecule is Cc1cccc(S(=O)(=O)Cc2ccc(C(C)C)cc2)c1N. The summed E-state index contributed by atoms with van der Waals surface area (Å²) in [4.78, 5) is 0.218. The number of nitrogens with two attached hydrogens (primary N) is 1. The third-order valence-corrected chi connectivity index (χ3v) is 5.36. The largest absolute Gasteiger partial charge is 0.397 e. The quantitative estimate of drug-likeness (QED) is 0.877. The van der Waals surface area contributed by atoms with Gasteiger partial charge in [0.05, 0.1) is 16.3 Å². The van der Waals surface area contributed by atoms with Crippen LogP contribution in [0, 0.1) is 6.92 Å². The van der Waals surface area contributed by atoms with E-state index in [1.807, 2.05) is 37.3 Å². The second-order valence-electron chi connectivity index (χ2n) is 5.64. The van der Waals surface area contributed by atoms with Crippen molar-refractivity contribution in [1.82, 2.24) is 0 Å². The van der Waals surface area contributed by atoms with Crippen molar-refractivity contribution in [1.29, 1.82) is 0 Å². The molecular weight excluding hydrogens is 282 g/mol. The fraction of sp³-hybridized carbons (Fsp3) is 0.294. The van der Waals surface area contributed by atoms with Gasteiger partial charge in [0, 0.05) is 0 Å². The average Bonchev–Trinajstić information content (AvgIpc) is 2.41. The molecule has 0 aliphatic rings. The van der Waals surface area contributed by atoms with Gasteiger partial charge in [0.2, 0.25) is 0 Å². The minimum Gasteiger partial charge on any atom is -0.397 e. The lowest BCUT2D eigenvalue weighted by molar-refractivity contribution is 0.595. The summed E-state index contributed by atoms with van der Waals surface area (Å²) in [5, 5.41) is 0. The summed E-state index contributed by atoms with van der Waals surface area (Å²) in [5.74, 6) is 0.405. The van der Waals surface area contributed by atoms with Crippen LogP contribution >= 0.6 is 0 Å². The number of benzene rings is 2. The zero-order valence-corrected chi connectivity index (χ0v) is 13.4. The summed E-state index contributed by atoms with van der Waals surface area (Å²) in [6.45, 7) is 6.03. The number of rotatable bonds is 4. The summed E-state index contributed by atoms with van der Waals surface area (Å²) < 4.78 is 25.0. The molecule has 21 heavy (non-hydrogen) atoms. The van der Waals surface area contributed by atoms with E-state index in [0.717, 1.165) is 11.1 Å². The van der Waals surface area contributed by atoms with Crippen molar-refractivity contribution in [3.63, 3.8) is 0 Å². The zero-order chi connectivity index (χ0) is 15.6. The first-order chi connectivity index (χ1) is 9.81. The van der Waals surface area contributed by atoms with E-state index in [1.54, 1.807) is 12.1 Å². The Morgan fingerprint density at radius 2 is 1.67 bits per heavy atom. The minimum absolute atomic E-state index is 0.0287. The molecule has 0 saturated carbocycles. The molecule has 0 fully saturated rings. The second kappa shape index (κ2) is 5.90. The van der Waals surface area contributed by atoms with E-state index in [2.05, 4.69) is 13.8 Å². The normalized spacial score (nSPS) is 11.8. The highest BCUT2D eigenvalue weighted by molar-refractivity contribution is 7.90. The molecule has 2 rings (SSSR count). The smallest absolute Gasteiger partial charge is 0.184 e. The minimum atomic E-state index is -3.42. The van der Waals surface area contributed by atoms with Crippen LogP contribution in [0.2, 0.25) is 0 Å². The summed E-state index contributed by atoms with van der Waals surface area (Å²) in [6.07, 6.45) is 0. The van der Waals surface area contributed by atoms with Crippen molar-refractivity contribution in [2.45, 2.75) is 37.3 Å². The standard InChI is InChI=1S/C17H21NO2S/c1-12(2)15-9-7-14(8-10-15)11-21(19,20)16-6-4-5-13(3)17(16)18/h4-10,12H,11,18H2,1-3H3. The van der Waals surface area contributed by atoms with Crippen LogP contribution in [-0.2, 0) is 15.6 Å². The van der Waals surface area contributed by atoms with Crippen LogP contribution in [-0.4, -0.2) is 8.42 Å². The molecule has 0 aliphatic heterocycles. The molecule has 2 N–H and O–H groups in total. The van der Waals surface area contributed by atoms with E-state index in [9.17, 15) is 8.42 Å². The molecule has 0 heterocycles. The van der Waals surface area contributed by atoms with Gasteiger partial charge in [-0.3, -0.25) is 0 Å². The molecule has 0 amide bonds. The number of anilines is 1. The first-order valence-electron chi connectivity index (χ1n) is 6.98. The number of hydrogen-bond acceptors (Lipinski definition) is 3. The van der Waals surface area contributed by atoms with E-state index in [0.29, 0.717) is 11.6 Å². The molecule has 0 radical (unpaired) electrons. The van der Waals surface area contributed by atoms with E-state index in [1.165, 1.54) is 5.56 Å². The van der Waals surface area contributed by atoms with Gasteiger partial charge in [0.15, 0.2) is 9.84 Å². The highest BCUT2D eigenvalue weighted by Gasteiger charge is 2.19. The Bertz CT molecular complexity index is 732. The fourth-order valence-corrected chi connectivity index (χ4v) is 3.79. The monoisotopic (exact) mass is 303 g/mol. The Morgan fingerprint density at radius 3 is 2.24 bits per heavy atom. The highest BCUT2D eigenvalue weighted by Crippen LogP contribution is 2.25. The molecule has 3 nitrogen and oxygen atoms in total. The van der Waals surface area contributed by atoms with Gasteiger partial charge in [0.25, 0.3) is 0 Å². The van der Waals surface area contributed by atoms with Crippen molar-refractivity contribution >= 4 is 15.5 Å². The van der Waals surface area contributed by atoms with Gasteiger partial charge in [0.1, 0.15) is 0 Å². The topological polar surface area (TPSA) is 60.2 Å². The third kappa shape index (κ3) is 3.45. The van der Waals surface area contributed by atoms with Crippen LogP contribution < -0.4 is 5.73 Å². The number of sulfone groups is 1. The van der Waals surface area contributed by atoms with E-state index in [4.69, 9.17) is 5.73 Å². The van der Waals surface area contributed by atoms with E-state index >= 15 is 0 Å². The van der Waals surface area contributed by atoms with Crippen LogP contribution in [0.5, 0.6) is 0 Å². The average molecular weight is 303 g/mol. The molecule has 2 aromatic rings. The van der Waals surface area contributed by atoms with Gasteiger partial charge in [-0.05, 0) is 35.6 Å². The van der Waals surface area contributed by atoms with E-state index < -0.39 is 9.84 Å². The molecule has 0 atom stereocenters. The van der Waals surface area contributed by atoms with E-state index in [-0.39, 0.29) is 10.6 Å². The van der Waals surface area contributed by atoms with Gasteiger partial charge in [-0.15, -0.1) is 0 Å². The summed E-state index contributed by atoms with van der Waals surface area (Å²) in [7, 11) is -3.42. The Balaban J connectivity index is 2.31. The molecular formula is C17H21NO2S. The van der Waals surface area contributed by atoms with Gasteiger partial charge in [-0.1, -0.05) is 50.2 Å². The van der Waals surface area contributed by atoms with Crippen molar-refractivity contribution in [2.24, 2.45) is 0 Å². The van der Waals surface area contributed by atoms with Crippen LogP contribution in [0.4, 0.5) is 5.69 Å². The molecule has 0 saturated heterocycles. The third-order valence-electron chi connectivity index (χ3n) is 3.62. The predicted octanol–water partition coefficient (Wildman–Crippen LogP) is 3.67. The summed E-state index contributed by atoms with van der Waals surface area (Å²) in [6, 6.07) is 12.8. The lowest BCUT2D eigenvalue weighted by Gasteiger charge is -2.10. The Morgan fingerprint density at radius 1 is 1.05 bits per heavy atom.